The summed E-state index contributed by atoms with van der Waals surface area (Å²) in [4.78, 5) is 11.4. The molecule has 0 spiro atoms. The Morgan fingerprint density at radius 3 is 2.67 bits per heavy atom. The van der Waals surface area contributed by atoms with Crippen LogP contribution in [0.1, 0.15) is 45.6 Å². The number of anilines is 1. The second kappa shape index (κ2) is 8.96. The fraction of sp³-hybridized carbons (Fsp3) is 0.391. The van der Waals surface area contributed by atoms with Gasteiger partial charge in [-0.2, -0.15) is 0 Å². The van der Waals surface area contributed by atoms with Crippen molar-refractivity contribution in [2.24, 2.45) is 4.99 Å². The molecule has 1 aromatic heterocycles. The predicted octanol–water partition coefficient (Wildman–Crippen LogP) is 5.20. The van der Waals surface area contributed by atoms with Gasteiger partial charge in [-0.1, -0.05) is 24.8 Å². The minimum absolute atomic E-state index is 0.330. The number of nitrogens with zero attached hydrogens (tertiary/aromatic N) is 3. The van der Waals surface area contributed by atoms with Gasteiger partial charge in [-0.25, -0.2) is 4.98 Å². The Balaban J connectivity index is 1.57. The third-order valence-corrected chi connectivity index (χ3v) is 5.29. The Morgan fingerprint density at radius 2 is 2.07 bits per heavy atom. The zero-order valence-electron chi connectivity index (χ0n) is 16.7. The Kier molecular flexibility index (Phi) is 6.40. The highest BCUT2D eigenvalue weighted by molar-refractivity contribution is 5.88. The van der Waals surface area contributed by atoms with Gasteiger partial charge in [-0.05, 0) is 75.5 Å². The highest BCUT2D eigenvalue weighted by Gasteiger charge is 2.20. The number of allylic oxidation sites excluding steroid dienone is 4. The first-order valence-corrected chi connectivity index (χ1v) is 9.80. The zero-order valence-corrected chi connectivity index (χ0v) is 16.7. The van der Waals surface area contributed by atoms with Crippen molar-refractivity contribution < 1.29 is 0 Å². The van der Waals surface area contributed by atoms with Crippen LogP contribution in [-0.2, 0) is 0 Å². The molecule has 3 heterocycles. The number of pyridine rings is 1. The average Bonchev–Trinajstić information content (AvgIpc) is 3.35. The topological polar surface area (TPSA) is 40.5 Å². The summed E-state index contributed by atoms with van der Waals surface area (Å²) >= 11 is 0. The van der Waals surface area contributed by atoms with Crippen molar-refractivity contribution >= 4 is 17.6 Å². The second-order valence-electron chi connectivity index (χ2n) is 7.32. The lowest BCUT2D eigenvalue weighted by Gasteiger charge is -2.26. The fourth-order valence-corrected chi connectivity index (χ4v) is 3.50. The molecule has 2 aliphatic heterocycles. The van der Waals surface area contributed by atoms with Gasteiger partial charge in [-0.15, -0.1) is 0 Å². The van der Waals surface area contributed by atoms with E-state index in [1.54, 1.807) is 0 Å². The molecule has 4 nitrogen and oxygen atoms in total. The molecule has 3 rings (SSSR count). The maximum atomic E-state index is 4.54. The van der Waals surface area contributed by atoms with Gasteiger partial charge < -0.3 is 5.32 Å². The highest BCUT2D eigenvalue weighted by atomic mass is 15.2. The third kappa shape index (κ3) is 5.04. The number of aliphatic imine (C=N–C) groups is 1. The van der Waals surface area contributed by atoms with E-state index in [2.05, 4.69) is 71.8 Å². The summed E-state index contributed by atoms with van der Waals surface area (Å²) in [6.45, 7) is 12.9. The molecule has 1 saturated heterocycles. The molecule has 0 saturated carbocycles. The summed E-state index contributed by atoms with van der Waals surface area (Å²) in [7, 11) is 0. The van der Waals surface area contributed by atoms with E-state index < -0.39 is 0 Å². The third-order valence-electron chi connectivity index (χ3n) is 5.29. The van der Waals surface area contributed by atoms with E-state index in [4.69, 9.17) is 0 Å². The van der Waals surface area contributed by atoms with E-state index in [0.29, 0.717) is 6.04 Å². The predicted molar refractivity (Wildman–Crippen MR) is 116 cm³/mol. The van der Waals surface area contributed by atoms with Crippen LogP contribution in [-0.4, -0.2) is 34.7 Å². The number of nitrogens with one attached hydrogen (secondary N) is 1. The molecule has 0 aromatic carbocycles. The summed E-state index contributed by atoms with van der Waals surface area (Å²) in [6.07, 6.45) is 13.7. The first kappa shape index (κ1) is 19.3. The molecule has 0 radical (unpaired) electrons. The van der Waals surface area contributed by atoms with Gasteiger partial charge in [0.1, 0.15) is 5.82 Å². The Hall–Kier alpha value is -2.46. The van der Waals surface area contributed by atoms with E-state index in [1.165, 1.54) is 29.7 Å². The second-order valence-corrected chi connectivity index (χ2v) is 7.32. The molecule has 0 bridgehead atoms. The number of likely N-dealkylation sites (tertiary alicyclic amines) is 1. The van der Waals surface area contributed by atoms with Crippen LogP contribution in [0.3, 0.4) is 0 Å². The van der Waals surface area contributed by atoms with Gasteiger partial charge in [0, 0.05) is 36.3 Å². The molecule has 2 aliphatic rings. The van der Waals surface area contributed by atoms with Crippen molar-refractivity contribution in [2.75, 3.05) is 18.4 Å². The van der Waals surface area contributed by atoms with E-state index in [9.17, 15) is 0 Å². The minimum atomic E-state index is 0.330. The highest BCUT2D eigenvalue weighted by Crippen LogP contribution is 2.22. The molecule has 0 unspecified atom stereocenters. The number of rotatable bonds is 7. The van der Waals surface area contributed by atoms with Crippen molar-refractivity contribution in [2.45, 2.75) is 46.1 Å². The molecule has 1 atom stereocenters. The molecule has 142 valence electrons. The summed E-state index contributed by atoms with van der Waals surface area (Å²) in [5, 5.41) is 3.36. The van der Waals surface area contributed by atoms with Crippen LogP contribution in [0.25, 0.3) is 6.08 Å². The molecule has 1 aromatic rings. The van der Waals surface area contributed by atoms with Gasteiger partial charge in [0.05, 0.1) is 0 Å². The lowest BCUT2D eigenvalue weighted by molar-refractivity contribution is 0.291. The van der Waals surface area contributed by atoms with Crippen LogP contribution in [0.5, 0.6) is 0 Å². The van der Waals surface area contributed by atoms with Crippen LogP contribution >= 0.6 is 0 Å². The Bertz CT molecular complexity index is 790. The molecule has 27 heavy (non-hydrogen) atoms. The van der Waals surface area contributed by atoms with Crippen LogP contribution in [0, 0.1) is 0 Å². The van der Waals surface area contributed by atoms with Gasteiger partial charge in [0.25, 0.3) is 0 Å². The van der Waals surface area contributed by atoms with Gasteiger partial charge in [-0.3, -0.25) is 9.89 Å². The quantitative estimate of drug-likeness (QED) is 0.678. The Labute approximate surface area is 163 Å². The number of hydrogen-bond acceptors (Lipinski definition) is 4. The van der Waals surface area contributed by atoms with Gasteiger partial charge in [0.2, 0.25) is 0 Å². The molecular weight excluding hydrogens is 332 g/mol. The van der Waals surface area contributed by atoms with E-state index >= 15 is 0 Å². The lowest BCUT2D eigenvalue weighted by Crippen LogP contribution is -2.33. The van der Waals surface area contributed by atoms with E-state index in [-0.39, 0.29) is 0 Å². The van der Waals surface area contributed by atoms with E-state index in [0.717, 1.165) is 36.6 Å². The molecule has 4 heteroatoms. The molecule has 0 aliphatic carbocycles. The zero-order chi connectivity index (χ0) is 19.2. The average molecular weight is 363 g/mol. The largest absolute Gasteiger partial charge is 0.343 e. The van der Waals surface area contributed by atoms with Gasteiger partial charge in [0.15, 0.2) is 0 Å². The summed E-state index contributed by atoms with van der Waals surface area (Å²) < 4.78 is 0. The van der Waals surface area contributed by atoms with Gasteiger partial charge >= 0.3 is 0 Å². The van der Waals surface area contributed by atoms with Crippen molar-refractivity contribution in [1.82, 2.24) is 9.88 Å². The Morgan fingerprint density at radius 1 is 1.30 bits per heavy atom. The van der Waals surface area contributed by atoms with Crippen LogP contribution in [0.15, 0.2) is 65.1 Å². The minimum Gasteiger partial charge on any atom is -0.343 e. The fourth-order valence-electron chi connectivity index (χ4n) is 3.50. The molecule has 0 amide bonds. The van der Waals surface area contributed by atoms with Crippen molar-refractivity contribution in [3.05, 3.63) is 65.7 Å². The summed E-state index contributed by atoms with van der Waals surface area (Å²) in [5.41, 5.74) is 5.73. The van der Waals surface area contributed by atoms with Crippen LogP contribution in [0.4, 0.5) is 5.82 Å². The standard InChI is InChI=1S/C23H30N4/c1-5-21(22-14-17(2)24-16-22)10-8-20-9-11-23(25-15-20)26-18(3)19(4)27-12-6-7-13-27/h5,8-11,15-16,19H,3,6-7,12-14H2,1-2,4H3,(H,25,26)/b10-8-,21-5+/t19-/m0/s1. The molecule has 1 N–H and O–H groups in total. The van der Waals surface area contributed by atoms with E-state index in [1.807, 2.05) is 18.5 Å². The number of aromatic nitrogens is 1. The first-order valence-electron chi connectivity index (χ1n) is 9.80. The summed E-state index contributed by atoms with van der Waals surface area (Å²) in [6, 6.07) is 4.42. The normalized spacial score (nSPS) is 19.3. The SMILES string of the molecule is C=C(Nc1ccc(/C=C\C(=C/C)C2=CN=C(C)C2)cn1)[C@H](C)N1CCCC1. The molecular formula is C23H30N4. The molecule has 1 fully saturated rings. The monoisotopic (exact) mass is 362 g/mol. The maximum absolute atomic E-state index is 4.54. The van der Waals surface area contributed by atoms with Crippen LogP contribution in [0.2, 0.25) is 0 Å². The summed E-state index contributed by atoms with van der Waals surface area (Å²) in [5.74, 6) is 0.844. The van der Waals surface area contributed by atoms with Crippen LogP contribution < -0.4 is 5.32 Å². The van der Waals surface area contributed by atoms with Crippen molar-refractivity contribution in [3.8, 4) is 0 Å². The van der Waals surface area contributed by atoms with Crippen molar-refractivity contribution in [1.29, 1.82) is 0 Å². The maximum Gasteiger partial charge on any atom is 0.130 e. The van der Waals surface area contributed by atoms with Crippen molar-refractivity contribution in [3.63, 3.8) is 0 Å². The smallest absolute Gasteiger partial charge is 0.130 e. The first-order chi connectivity index (χ1) is 13.1. The number of hydrogen-bond donors (Lipinski definition) is 1. The lowest BCUT2D eigenvalue weighted by atomic mass is 10.0.